The molecule has 128 valence electrons. The Morgan fingerprint density at radius 1 is 1.16 bits per heavy atom. The number of carbonyl (C=O) groups excluding carboxylic acids is 1. The molecule has 0 radical (unpaired) electrons. The highest BCUT2D eigenvalue weighted by Gasteiger charge is 2.14. The summed E-state index contributed by atoms with van der Waals surface area (Å²) in [4.78, 5) is 12.4. The van der Waals surface area contributed by atoms with E-state index in [-0.39, 0.29) is 5.91 Å². The molecule has 3 rings (SSSR count). The van der Waals surface area contributed by atoms with E-state index in [4.69, 9.17) is 4.74 Å². The molecule has 0 fully saturated rings. The van der Waals surface area contributed by atoms with Crippen molar-refractivity contribution in [2.45, 2.75) is 13.5 Å². The summed E-state index contributed by atoms with van der Waals surface area (Å²) in [5, 5.41) is 7.27. The van der Waals surface area contributed by atoms with E-state index in [9.17, 15) is 4.79 Å². The van der Waals surface area contributed by atoms with Crippen molar-refractivity contribution >= 4 is 5.91 Å². The predicted octanol–water partition coefficient (Wildman–Crippen LogP) is 3.33. The van der Waals surface area contributed by atoms with Crippen LogP contribution >= 0.6 is 0 Å². The molecule has 5 nitrogen and oxygen atoms in total. The van der Waals surface area contributed by atoms with Gasteiger partial charge in [0.15, 0.2) is 5.69 Å². The first-order chi connectivity index (χ1) is 12.1. The van der Waals surface area contributed by atoms with Crippen LogP contribution in [0.2, 0.25) is 0 Å². The van der Waals surface area contributed by atoms with Gasteiger partial charge in [0.2, 0.25) is 0 Å². The lowest BCUT2D eigenvalue weighted by molar-refractivity contribution is 0.0945. The fourth-order valence-corrected chi connectivity index (χ4v) is 2.68. The van der Waals surface area contributed by atoms with Gasteiger partial charge in [-0.2, -0.15) is 5.10 Å². The SMILES string of the molecule is COc1ccc(-c2cc(C(=O)NCc3ccccc3C)nn2C)cc1. The van der Waals surface area contributed by atoms with E-state index in [0.717, 1.165) is 28.1 Å². The summed E-state index contributed by atoms with van der Waals surface area (Å²) in [6.45, 7) is 2.52. The van der Waals surface area contributed by atoms with E-state index in [2.05, 4.69) is 10.4 Å². The van der Waals surface area contributed by atoms with E-state index in [1.165, 1.54) is 0 Å². The van der Waals surface area contributed by atoms with Crippen LogP contribution in [0.1, 0.15) is 21.6 Å². The van der Waals surface area contributed by atoms with Gasteiger partial charge in [-0.25, -0.2) is 0 Å². The van der Waals surface area contributed by atoms with Gasteiger partial charge in [0.25, 0.3) is 5.91 Å². The van der Waals surface area contributed by atoms with Gasteiger partial charge in [-0.15, -0.1) is 0 Å². The van der Waals surface area contributed by atoms with Gasteiger partial charge in [0.1, 0.15) is 5.75 Å². The van der Waals surface area contributed by atoms with Crippen molar-refractivity contribution in [2.24, 2.45) is 7.05 Å². The van der Waals surface area contributed by atoms with Crippen LogP contribution in [-0.2, 0) is 13.6 Å². The van der Waals surface area contributed by atoms with Crippen molar-refractivity contribution in [1.82, 2.24) is 15.1 Å². The van der Waals surface area contributed by atoms with Gasteiger partial charge in [-0.3, -0.25) is 9.48 Å². The normalized spacial score (nSPS) is 10.5. The maximum absolute atomic E-state index is 12.4. The van der Waals surface area contributed by atoms with E-state index >= 15 is 0 Å². The summed E-state index contributed by atoms with van der Waals surface area (Å²) in [5.41, 5.74) is 4.52. The minimum atomic E-state index is -0.182. The lowest BCUT2D eigenvalue weighted by Crippen LogP contribution is -2.23. The van der Waals surface area contributed by atoms with Crippen LogP contribution in [0.3, 0.4) is 0 Å². The van der Waals surface area contributed by atoms with E-state index in [0.29, 0.717) is 12.2 Å². The van der Waals surface area contributed by atoms with E-state index in [1.807, 2.05) is 62.5 Å². The lowest BCUT2D eigenvalue weighted by atomic mass is 10.1. The van der Waals surface area contributed by atoms with E-state index < -0.39 is 0 Å². The molecule has 5 heteroatoms. The minimum absolute atomic E-state index is 0.182. The Morgan fingerprint density at radius 3 is 2.56 bits per heavy atom. The minimum Gasteiger partial charge on any atom is -0.497 e. The van der Waals surface area contributed by atoms with Gasteiger partial charge in [-0.05, 0) is 48.4 Å². The van der Waals surface area contributed by atoms with Gasteiger partial charge in [-0.1, -0.05) is 24.3 Å². The van der Waals surface area contributed by atoms with Crippen molar-refractivity contribution in [3.8, 4) is 17.0 Å². The Labute approximate surface area is 147 Å². The number of aromatic nitrogens is 2. The van der Waals surface area contributed by atoms with Crippen LogP contribution in [0.15, 0.2) is 54.6 Å². The van der Waals surface area contributed by atoms with Gasteiger partial charge >= 0.3 is 0 Å². The van der Waals surface area contributed by atoms with Crippen molar-refractivity contribution in [1.29, 1.82) is 0 Å². The largest absolute Gasteiger partial charge is 0.497 e. The first kappa shape index (κ1) is 16.8. The summed E-state index contributed by atoms with van der Waals surface area (Å²) in [6, 6.07) is 17.5. The second kappa shape index (κ2) is 7.21. The highest BCUT2D eigenvalue weighted by atomic mass is 16.5. The number of hydrogen-bond donors (Lipinski definition) is 1. The average Bonchev–Trinajstić information content (AvgIpc) is 3.03. The summed E-state index contributed by atoms with van der Waals surface area (Å²) in [7, 11) is 3.47. The van der Waals surface area contributed by atoms with Crippen molar-refractivity contribution in [3.63, 3.8) is 0 Å². The number of nitrogens with one attached hydrogen (secondary N) is 1. The molecule has 1 amide bonds. The monoisotopic (exact) mass is 335 g/mol. The number of benzene rings is 2. The molecule has 0 aliphatic carbocycles. The fraction of sp³-hybridized carbons (Fsp3) is 0.200. The number of methoxy groups -OCH3 is 1. The first-order valence-corrected chi connectivity index (χ1v) is 8.09. The molecule has 0 unspecified atom stereocenters. The standard InChI is InChI=1S/C20H21N3O2/c1-14-6-4-5-7-16(14)13-21-20(24)18-12-19(23(2)22-18)15-8-10-17(25-3)11-9-15/h4-12H,13H2,1-3H3,(H,21,24). The quantitative estimate of drug-likeness (QED) is 0.778. The van der Waals surface area contributed by atoms with Crippen molar-refractivity contribution in [3.05, 3.63) is 71.4 Å². The van der Waals surface area contributed by atoms with Crippen LogP contribution in [0.5, 0.6) is 5.75 Å². The maximum Gasteiger partial charge on any atom is 0.272 e. The molecule has 0 atom stereocenters. The van der Waals surface area contributed by atoms with Crippen LogP contribution in [0.4, 0.5) is 0 Å². The maximum atomic E-state index is 12.4. The molecule has 1 heterocycles. The average molecular weight is 335 g/mol. The molecule has 0 spiro atoms. The number of ether oxygens (including phenoxy) is 1. The zero-order chi connectivity index (χ0) is 17.8. The van der Waals surface area contributed by atoms with Crippen molar-refractivity contribution in [2.75, 3.05) is 7.11 Å². The third-order valence-electron chi connectivity index (χ3n) is 4.20. The number of amides is 1. The molecule has 0 aliphatic heterocycles. The highest BCUT2D eigenvalue weighted by molar-refractivity contribution is 5.93. The van der Waals surface area contributed by atoms with Crippen LogP contribution in [0, 0.1) is 6.92 Å². The molecule has 0 aliphatic rings. The second-order valence-electron chi connectivity index (χ2n) is 5.88. The number of carbonyl (C=O) groups is 1. The summed E-state index contributed by atoms with van der Waals surface area (Å²) in [5.74, 6) is 0.612. The second-order valence-corrected chi connectivity index (χ2v) is 5.88. The fourth-order valence-electron chi connectivity index (χ4n) is 2.68. The zero-order valence-corrected chi connectivity index (χ0v) is 14.6. The smallest absolute Gasteiger partial charge is 0.272 e. The molecular formula is C20H21N3O2. The van der Waals surface area contributed by atoms with E-state index in [1.54, 1.807) is 17.9 Å². The molecule has 1 aromatic heterocycles. The molecule has 25 heavy (non-hydrogen) atoms. The van der Waals surface area contributed by atoms with Gasteiger partial charge in [0, 0.05) is 19.2 Å². The number of rotatable bonds is 5. The molecule has 0 saturated heterocycles. The Kier molecular flexibility index (Phi) is 4.84. The Hall–Kier alpha value is -3.08. The Bertz CT molecular complexity index is 882. The summed E-state index contributed by atoms with van der Waals surface area (Å²) >= 11 is 0. The zero-order valence-electron chi connectivity index (χ0n) is 14.6. The third-order valence-corrected chi connectivity index (χ3v) is 4.20. The molecule has 3 aromatic rings. The molecule has 2 aromatic carbocycles. The molecule has 0 saturated carbocycles. The Morgan fingerprint density at radius 2 is 1.88 bits per heavy atom. The first-order valence-electron chi connectivity index (χ1n) is 8.09. The molecular weight excluding hydrogens is 314 g/mol. The van der Waals surface area contributed by atoms with Gasteiger partial charge in [0.05, 0.1) is 12.8 Å². The topological polar surface area (TPSA) is 56.1 Å². The Balaban J connectivity index is 1.74. The third kappa shape index (κ3) is 3.71. The van der Waals surface area contributed by atoms with Crippen LogP contribution < -0.4 is 10.1 Å². The van der Waals surface area contributed by atoms with Crippen LogP contribution in [-0.4, -0.2) is 22.8 Å². The molecule has 1 N–H and O–H groups in total. The number of hydrogen-bond acceptors (Lipinski definition) is 3. The predicted molar refractivity (Wildman–Crippen MR) is 97.5 cm³/mol. The van der Waals surface area contributed by atoms with Crippen molar-refractivity contribution < 1.29 is 9.53 Å². The number of aryl methyl sites for hydroxylation is 2. The highest BCUT2D eigenvalue weighted by Crippen LogP contribution is 2.22. The molecule has 0 bridgehead atoms. The lowest BCUT2D eigenvalue weighted by Gasteiger charge is -2.06. The number of nitrogens with zero attached hydrogens (tertiary/aromatic N) is 2. The summed E-state index contributed by atoms with van der Waals surface area (Å²) < 4.78 is 6.89. The van der Waals surface area contributed by atoms with Crippen LogP contribution in [0.25, 0.3) is 11.3 Å². The van der Waals surface area contributed by atoms with Gasteiger partial charge < -0.3 is 10.1 Å². The summed E-state index contributed by atoms with van der Waals surface area (Å²) in [6.07, 6.45) is 0.